The molecule has 0 bridgehead atoms. The number of rotatable bonds is 4. The zero-order chi connectivity index (χ0) is 22.0. The van der Waals surface area contributed by atoms with Crippen molar-refractivity contribution in [3.05, 3.63) is 106 Å². The molecule has 3 aromatic carbocycles. The van der Waals surface area contributed by atoms with Gasteiger partial charge in [-0.25, -0.2) is 0 Å². The van der Waals surface area contributed by atoms with Gasteiger partial charge >= 0.3 is 0 Å². The highest BCUT2D eigenvalue weighted by molar-refractivity contribution is 7.80. The second-order valence-electron chi connectivity index (χ2n) is 7.26. The monoisotopic (exact) mass is 465 g/mol. The van der Waals surface area contributed by atoms with Crippen molar-refractivity contribution in [1.29, 1.82) is 5.26 Å². The summed E-state index contributed by atoms with van der Waals surface area (Å²) >= 11 is 17.6. The third kappa shape index (κ3) is 3.90. The SMILES string of the molecule is N#CC1(C(=O)c2ccccc2)[C@H](c2ccc(Cl)cc2)NC(=S)N[C@H]1c1ccc(Cl)cc1. The summed E-state index contributed by atoms with van der Waals surface area (Å²) in [5.74, 6) is -0.307. The first-order chi connectivity index (χ1) is 15.0. The first-order valence-corrected chi connectivity index (χ1v) is 10.7. The highest BCUT2D eigenvalue weighted by Crippen LogP contribution is 2.48. The second kappa shape index (κ2) is 8.68. The van der Waals surface area contributed by atoms with Crippen molar-refractivity contribution in [1.82, 2.24) is 10.6 Å². The fourth-order valence-electron chi connectivity index (χ4n) is 3.97. The van der Waals surface area contributed by atoms with Crippen LogP contribution < -0.4 is 10.6 Å². The van der Waals surface area contributed by atoms with Gasteiger partial charge in [0.25, 0.3) is 0 Å². The van der Waals surface area contributed by atoms with Crippen molar-refractivity contribution >= 4 is 46.3 Å². The standard InChI is InChI=1S/C24H17Cl2N3OS/c25-18-10-6-15(7-11-18)20-24(14-27,22(30)17-4-2-1-3-5-17)21(29-23(31)28-20)16-8-12-19(26)13-9-16/h1-13,20-21H,(H2,28,29,31)/t20-,21-/m0/s1. The number of carbonyl (C=O) groups is 1. The summed E-state index contributed by atoms with van der Waals surface area (Å²) in [6, 6.07) is 23.9. The molecule has 0 aromatic heterocycles. The van der Waals surface area contributed by atoms with Crippen molar-refractivity contribution in [3.63, 3.8) is 0 Å². The molecule has 2 N–H and O–H groups in total. The normalized spacial score (nSPS) is 19.6. The maximum Gasteiger partial charge on any atom is 0.188 e. The fourth-order valence-corrected chi connectivity index (χ4v) is 4.46. The van der Waals surface area contributed by atoms with Crippen LogP contribution in [0.25, 0.3) is 0 Å². The van der Waals surface area contributed by atoms with Gasteiger partial charge in [-0.05, 0) is 47.6 Å². The highest BCUT2D eigenvalue weighted by atomic mass is 35.5. The van der Waals surface area contributed by atoms with E-state index in [2.05, 4.69) is 16.7 Å². The number of hydrogen-bond donors (Lipinski definition) is 2. The van der Waals surface area contributed by atoms with E-state index < -0.39 is 17.5 Å². The molecule has 154 valence electrons. The minimum atomic E-state index is -1.54. The molecule has 0 radical (unpaired) electrons. The van der Waals surface area contributed by atoms with Crippen molar-refractivity contribution in [2.45, 2.75) is 12.1 Å². The molecule has 1 fully saturated rings. The Kier molecular flexibility index (Phi) is 5.97. The molecule has 0 saturated carbocycles. The van der Waals surface area contributed by atoms with E-state index in [1.165, 1.54) is 0 Å². The third-order valence-corrected chi connectivity index (χ3v) is 6.20. The Morgan fingerprint density at radius 3 is 1.71 bits per heavy atom. The summed E-state index contributed by atoms with van der Waals surface area (Å²) in [5, 5.41) is 18.4. The van der Waals surface area contributed by atoms with Crippen molar-refractivity contribution in [3.8, 4) is 6.07 Å². The number of thiocarbonyl (C=S) groups is 1. The van der Waals surface area contributed by atoms with Gasteiger partial charge in [-0.2, -0.15) is 5.26 Å². The molecule has 7 heteroatoms. The van der Waals surface area contributed by atoms with Gasteiger partial charge in [-0.15, -0.1) is 0 Å². The van der Waals surface area contributed by atoms with Crippen LogP contribution in [0.15, 0.2) is 78.9 Å². The Morgan fingerprint density at radius 1 is 0.839 bits per heavy atom. The summed E-state index contributed by atoms with van der Waals surface area (Å²) in [7, 11) is 0. The van der Waals surface area contributed by atoms with Gasteiger partial charge in [0.2, 0.25) is 0 Å². The van der Waals surface area contributed by atoms with Gasteiger partial charge in [0.15, 0.2) is 16.3 Å². The number of nitrogens with zero attached hydrogens (tertiary/aromatic N) is 1. The summed E-state index contributed by atoms with van der Waals surface area (Å²) in [4.78, 5) is 14.0. The number of hydrogen-bond acceptors (Lipinski definition) is 3. The lowest BCUT2D eigenvalue weighted by molar-refractivity contribution is 0.0740. The third-order valence-electron chi connectivity index (χ3n) is 5.46. The van der Waals surface area contributed by atoms with Crippen LogP contribution in [0.3, 0.4) is 0 Å². The van der Waals surface area contributed by atoms with Crippen LogP contribution in [0.2, 0.25) is 10.0 Å². The molecule has 4 rings (SSSR count). The number of carbonyl (C=O) groups excluding carboxylic acids is 1. The van der Waals surface area contributed by atoms with E-state index in [0.29, 0.717) is 20.7 Å². The van der Waals surface area contributed by atoms with Crippen molar-refractivity contribution in [2.24, 2.45) is 5.41 Å². The van der Waals surface area contributed by atoms with Crippen LogP contribution in [-0.4, -0.2) is 10.9 Å². The lowest BCUT2D eigenvalue weighted by atomic mass is 9.65. The topological polar surface area (TPSA) is 64.9 Å². The molecule has 0 spiro atoms. The quantitative estimate of drug-likeness (QED) is 0.385. The minimum absolute atomic E-state index is 0.307. The van der Waals surface area contributed by atoms with E-state index in [-0.39, 0.29) is 5.78 Å². The van der Waals surface area contributed by atoms with E-state index in [4.69, 9.17) is 35.4 Å². The zero-order valence-electron chi connectivity index (χ0n) is 16.2. The molecule has 1 heterocycles. The first kappa shape index (κ1) is 21.3. The van der Waals surface area contributed by atoms with Gasteiger partial charge in [0.1, 0.15) is 0 Å². The lowest BCUT2D eigenvalue weighted by Crippen LogP contribution is -2.60. The minimum Gasteiger partial charge on any atom is -0.354 e. The van der Waals surface area contributed by atoms with Crippen LogP contribution in [-0.2, 0) is 0 Å². The zero-order valence-corrected chi connectivity index (χ0v) is 18.5. The van der Waals surface area contributed by atoms with E-state index in [1.807, 2.05) is 6.07 Å². The Labute approximate surface area is 195 Å². The van der Waals surface area contributed by atoms with Crippen LogP contribution in [0.1, 0.15) is 33.6 Å². The first-order valence-electron chi connectivity index (χ1n) is 9.55. The van der Waals surface area contributed by atoms with Crippen molar-refractivity contribution < 1.29 is 4.79 Å². The summed E-state index contributed by atoms with van der Waals surface area (Å²) in [6.45, 7) is 0. The van der Waals surface area contributed by atoms with Gasteiger partial charge in [-0.1, -0.05) is 77.8 Å². The fraction of sp³-hybridized carbons (Fsp3) is 0.125. The largest absolute Gasteiger partial charge is 0.354 e. The number of benzene rings is 3. The Balaban J connectivity index is 1.95. The highest BCUT2D eigenvalue weighted by Gasteiger charge is 2.56. The number of nitriles is 1. The van der Waals surface area contributed by atoms with Gasteiger partial charge < -0.3 is 10.6 Å². The van der Waals surface area contributed by atoms with Crippen LogP contribution >= 0.6 is 35.4 Å². The molecule has 3 aromatic rings. The van der Waals surface area contributed by atoms with Crippen LogP contribution in [0.5, 0.6) is 0 Å². The van der Waals surface area contributed by atoms with Gasteiger partial charge in [0, 0.05) is 15.6 Å². The van der Waals surface area contributed by atoms with E-state index in [9.17, 15) is 10.1 Å². The molecule has 0 unspecified atom stereocenters. The summed E-state index contributed by atoms with van der Waals surface area (Å²) < 4.78 is 0. The number of Topliss-reactive ketones (excluding diaryl/α,β-unsaturated/α-hetero) is 1. The molecular weight excluding hydrogens is 449 g/mol. The molecule has 1 saturated heterocycles. The predicted molar refractivity (Wildman–Crippen MR) is 126 cm³/mol. The Hall–Kier alpha value is -2.91. The maximum atomic E-state index is 14.0. The van der Waals surface area contributed by atoms with E-state index in [0.717, 1.165) is 11.1 Å². The van der Waals surface area contributed by atoms with Crippen LogP contribution in [0.4, 0.5) is 0 Å². The Morgan fingerprint density at radius 2 is 1.29 bits per heavy atom. The average molecular weight is 466 g/mol. The lowest BCUT2D eigenvalue weighted by Gasteiger charge is -2.46. The van der Waals surface area contributed by atoms with Crippen molar-refractivity contribution in [2.75, 3.05) is 0 Å². The summed E-state index contributed by atoms with van der Waals surface area (Å²) in [6.07, 6.45) is 0. The van der Waals surface area contributed by atoms with E-state index in [1.54, 1.807) is 72.8 Å². The molecule has 4 nitrogen and oxygen atoms in total. The second-order valence-corrected chi connectivity index (χ2v) is 8.54. The molecule has 1 aliphatic rings. The molecular formula is C24H17Cl2N3OS. The Bertz CT molecular complexity index is 1100. The summed E-state index contributed by atoms with van der Waals surface area (Å²) in [5.41, 5.74) is 0.375. The smallest absolute Gasteiger partial charge is 0.188 e. The maximum absolute atomic E-state index is 14.0. The molecule has 0 amide bonds. The molecule has 0 aliphatic carbocycles. The molecule has 31 heavy (non-hydrogen) atoms. The molecule has 2 atom stereocenters. The van der Waals surface area contributed by atoms with Gasteiger partial charge in [-0.3, -0.25) is 4.79 Å². The number of ketones is 1. The average Bonchev–Trinajstić information content (AvgIpc) is 2.80. The number of nitrogens with one attached hydrogen (secondary N) is 2. The predicted octanol–water partition coefficient (Wildman–Crippen LogP) is 5.65. The number of halogens is 2. The van der Waals surface area contributed by atoms with Gasteiger partial charge in [0.05, 0.1) is 18.2 Å². The van der Waals surface area contributed by atoms with E-state index >= 15 is 0 Å². The molecule has 1 aliphatic heterocycles. The van der Waals surface area contributed by atoms with Crippen LogP contribution in [0, 0.1) is 16.7 Å².